The maximum atomic E-state index is 6.37. The zero-order chi connectivity index (χ0) is 12.5. The minimum absolute atomic E-state index is 0.0853. The highest BCUT2D eigenvalue weighted by Crippen LogP contribution is 2.33. The van der Waals surface area contributed by atoms with Gasteiger partial charge in [-0.25, -0.2) is 0 Å². The third kappa shape index (κ3) is 2.25. The van der Waals surface area contributed by atoms with E-state index in [0.717, 1.165) is 38.2 Å². The molecular formula is C15H21NO2. The van der Waals surface area contributed by atoms with Crippen molar-refractivity contribution < 1.29 is 9.47 Å². The maximum absolute atomic E-state index is 6.37. The van der Waals surface area contributed by atoms with Crippen molar-refractivity contribution in [1.29, 1.82) is 0 Å². The van der Waals surface area contributed by atoms with E-state index in [9.17, 15) is 0 Å². The summed E-state index contributed by atoms with van der Waals surface area (Å²) in [5.74, 6) is 1.48. The Morgan fingerprint density at radius 3 is 3.06 bits per heavy atom. The molecule has 2 aliphatic heterocycles. The highest BCUT2D eigenvalue weighted by atomic mass is 16.5. The SMILES string of the molecule is CC1CC(C(N)c2ccc3c(c2)CCCO3)CO1. The molecule has 2 aliphatic rings. The van der Waals surface area contributed by atoms with Crippen molar-refractivity contribution in [2.45, 2.75) is 38.3 Å². The molecule has 0 aromatic heterocycles. The van der Waals surface area contributed by atoms with E-state index < -0.39 is 0 Å². The highest BCUT2D eigenvalue weighted by molar-refractivity contribution is 5.39. The van der Waals surface area contributed by atoms with E-state index in [1.165, 1.54) is 11.1 Å². The third-order valence-corrected chi connectivity index (χ3v) is 4.05. The van der Waals surface area contributed by atoms with Crippen LogP contribution in [0.5, 0.6) is 5.75 Å². The summed E-state index contributed by atoms with van der Waals surface area (Å²) < 4.78 is 11.3. The number of hydrogen-bond donors (Lipinski definition) is 1. The largest absolute Gasteiger partial charge is 0.493 e. The molecule has 1 aromatic rings. The fourth-order valence-corrected chi connectivity index (χ4v) is 2.96. The van der Waals surface area contributed by atoms with E-state index in [2.05, 4.69) is 25.1 Å². The molecule has 0 bridgehead atoms. The first kappa shape index (κ1) is 12.0. The molecule has 98 valence electrons. The van der Waals surface area contributed by atoms with Gasteiger partial charge >= 0.3 is 0 Å². The predicted octanol–water partition coefficient (Wildman–Crippen LogP) is 2.44. The zero-order valence-corrected chi connectivity index (χ0v) is 10.9. The Kier molecular flexibility index (Phi) is 3.27. The number of aryl methyl sites for hydroxylation is 1. The number of nitrogens with two attached hydrogens (primary N) is 1. The van der Waals surface area contributed by atoms with E-state index in [4.69, 9.17) is 15.2 Å². The van der Waals surface area contributed by atoms with Crippen LogP contribution in [-0.4, -0.2) is 19.3 Å². The standard InChI is InChI=1S/C15H21NO2/c1-10-7-13(9-18-10)15(16)12-4-5-14-11(8-12)3-2-6-17-14/h4-5,8,10,13,15H,2-3,6-7,9,16H2,1H3. The maximum Gasteiger partial charge on any atom is 0.122 e. The molecule has 3 rings (SSSR count). The molecule has 1 fully saturated rings. The van der Waals surface area contributed by atoms with Crippen LogP contribution >= 0.6 is 0 Å². The first-order valence-corrected chi connectivity index (χ1v) is 6.87. The summed E-state index contributed by atoms with van der Waals surface area (Å²) in [5, 5.41) is 0. The number of rotatable bonds is 2. The van der Waals surface area contributed by atoms with Crippen molar-refractivity contribution in [3.63, 3.8) is 0 Å². The number of benzene rings is 1. The Bertz CT molecular complexity index is 433. The van der Waals surface area contributed by atoms with Crippen LogP contribution in [-0.2, 0) is 11.2 Å². The first-order valence-electron chi connectivity index (χ1n) is 6.87. The van der Waals surface area contributed by atoms with Crippen molar-refractivity contribution in [2.24, 2.45) is 11.7 Å². The Balaban J connectivity index is 1.79. The molecule has 0 radical (unpaired) electrons. The van der Waals surface area contributed by atoms with Crippen LogP contribution < -0.4 is 10.5 Å². The molecular weight excluding hydrogens is 226 g/mol. The molecule has 3 heteroatoms. The van der Waals surface area contributed by atoms with Crippen molar-refractivity contribution in [1.82, 2.24) is 0 Å². The van der Waals surface area contributed by atoms with E-state index >= 15 is 0 Å². The summed E-state index contributed by atoms with van der Waals surface area (Å²) in [6.45, 7) is 3.75. The van der Waals surface area contributed by atoms with Gasteiger partial charge in [0.2, 0.25) is 0 Å². The second-order valence-corrected chi connectivity index (χ2v) is 5.48. The summed E-state index contributed by atoms with van der Waals surface area (Å²) in [6, 6.07) is 6.49. The van der Waals surface area contributed by atoms with E-state index in [1.54, 1.807) is 0 Å². The lowest BCUT2D eigenvalue weighted by Crippen LogP contribution is -2.22. The van der Waals surface area contributed by atoms with Gasteiger partial charge < -0.3 is 15.2 Å². The van der Waals surface area contributed by atoms with Crippen molar-refractivity contribution in [3.05, 3.63) is 29.3 Å². The minimum Gasteiger partial charge on any atom is -0.493 e. The number of fused-ring (bicyclic) bond motifs is 1. The lowest BCUT2D eigenvalue weighted by Gasteiger charge is -2.22. The second-order valence-electron chi connectivity index (χ2n) is 5.48. The quantitative estimate of drug-likeness (QED) is 0.873. The van der Waals surface area contributed by atoms with Crippen molar-refractivity contribution in [3.8, 4) is 5.75 Å². The van der Waals surface area contributed by atoms with Gasteiger partial charge in [0.25, 0.3) is 0 Å². The molecule has 0 aliphatic carbocycles. The van der Waals surface area contributed by atoms with Crippen LogP contribution in [0.3, 0.4) is 0 Å². The van der Waals surface area contributed by atoms with Crippen molar-refractivity contribution >= 4 is 0 Å². The first-order chi connectivity index (χ1) is 8.74. The van der Waals surface area contributed by atoms with Gasteiger partial charge in [-0.15, -0.1) is 0 Å². The monoisotopic (exact) mass is 247 g/mol. The Labute approximate surface area is 108 Å². The summed E-state index contributed by atoms with van der Waals surface area (Å²) in [6.07, 6.45) is 3.62. The molecule has 2 N–H and O–H groups in total. The smallest absolute Gasteiger partial charge is 0.122 e. The molecule has 1 saturated heterocycles. The van der Waals surface area contributed by atoms with Crippen LogP contribution in [0.4, 0.5) is 0 Å². The molecule has 3 unspecified atom stereocenters. The average Bonchev–Trinajstić information content (AvgIpc) is 2.84. The van der Waals surface area contributed by atoms with Gasteiger partial charge in [0.1, 0.15) is 5.75 Å². The molecule has 18 heavy (non-hydrogen) atoms. The summed E-state index contributed by atoms with van der Waals surface area (Å²) in [4.78, 5) is 0. The summed E-state index contributed by atoms with van der Waals surface area (Å²) in [5.41, 5.74) is 8.91. The van der Waals surface area contributed by atoms with Gasteiger partial charge in [-0.05, 0) is 43.4 Å². The van der Waals surface area contributed by atoms with Gasteiger partial charge in [0.05, 0.1) is 19.3 Å². The predicted molar refractivity (Wildman–Crippen MR) is 70.7 cm³/mol. The third-order valence-electron chi connectivity index (χ3n) is 4.05. The second kappa shape index (κ2) is 4.90. The minimum atomic E-state index is 0.0853. The average molecular weight is 247 g/mol. The molecule has 0 spiro atoms. The fourth-order valence-electron chi connectivity index (χ4n) is 2.96. The van der Waals surface area contributed by atoms with Crippen molar-refractivity contribution in [2.75, 3.05) is 13.2 Å². The van der Waals surface area contributed by atoms with Crippen LogP contribution in [0.2, 0.25) is 0 Å². The molecule has 3 atom stereocenters. The molecule has 0 saturated carbocycles. The molecule has 2 heterocycles. The van der Waals surface area contributed by atoms with Crippen LogP contribution in [0.1, 0.15) is 36.9 Å². The zero-order valence-electron chi connectivity index (χ0n) is 10.9. The fraction of sp³-hybridized carbons (Fsp3) is 0.600. The molecule has 3 nitrogen and oxygen atoms in total. The van der Waals surface area contributed by atoms with Gasteiger partial charge in [0.15, 0.2) is 0 Å². The van der Waals surface area contributed by atoms with Crippen LogP contribution in [0.25, 0.3) is 0 Å². The lowest BCUT2D eigenvalue weighted by atomic mass is 9.90. The van der Waals surface area contributed by atoms with Gasteiger partial charge in [-0.1, -0.05) is 12.1 Å². The Morgan fingerprint density at radius 2 is 2.28 bits per heavy atom. The van der Waals surface area contributed by atoms with Gasteiger partial charge in [-0.3, -0.25) is 0 Å². The Morgan fingerprint density at radius 1 is 1.39 bits per heavy atom. The Hall–Kier alpha value is -1.06. The number of hydrogen-bond acceptors (Lipinski definition) is 3. The summed E-state index contributed by atoms with van der Waals surface area (Å²) in [7, 11) is 0. The highest BCUT2D eigenvalue weighted by Gasteiger charge is 2.28. The molecule has 0 amide bonds. The number of ether oxygens (including phenoxy) is 2. The van der Waals surface area contributed by atoms with Crippen LogP contribution in [0, 0.1) is 5.92 Å². The van der Waals surface area contributed by atoms with Gasteiger partial charge in [0, 0.05) is 12.0 Å². The van der Waals surface area contributed by atoms with Crippen LogP contribution in [0.15, 0.2) is 18.2 Å². The van der Waals surface area contributed by atoms with E-state index in [0.29, 0.717) is 12.0 Å². The van der Waals surface area contributed by atoms with E-state index in [1.807, 2.05) is 0 Å². The molecule has 1 aromatic carbocycles. The normalized spacial score (nSPS) is 28.6. The van der Waals surface area contributed by atoms with E-state index in [-0.39, 0.29) is 6.04 Å². The summed E-state index contributed by atoms with van der Waals surface area (Å²) >= 11 is 0. The topological polar surface area (TPSA) is 44.5 Å². The lowest BCUT2D eigenvalue weighted by molar-refractivity contribution is 0.118. The van der Waals surface area contributed by atoms with Gasteiger partial charge in [-0.2, -0.15) is 0 Å².